The molecule has 114 valence electrons. The second kappa shape index (κ2) is 5.43. The van der Waals surface area contributed by atoms with Crippen molar-refractivity contribution in [2.75, 3.05) is 0 Å². The summed E-state index contributed by atoms with van der Waals surface area (Å²) in [7, 11) is 2.01. The highest BCUT2D eigenvalue weighted by Gasteiger charge is 2.41. The van der Waals surface area contributed by atoms with E-state index in [1.165, 1.54) is 0 Å². The van der Waals surface area contributed by atoms with Crippen LogP contribution in [0.5, 0.6) is 0 Å². The van der Waals surface area contributed by atoms with Gasteiger partial charge in [0, 0.05) is 19.4 Å². The highest BCUT2D eigenvalue weighted by molar-refractivity contribution is 5.75. The quantitative estimate of drug-likeness (QED) is 0.944. The molecule has 0 spiro atoms. The monoisotopic (exact) mass is 288 g/mol. The van der Waals surface area contributed by atoms with Gasteiger partial charge in [0.2, 0.25) is 0 Å². The van der Waals surface area contributed by atoms with Gasteiger partial charge in [-0.15, -0.1) is 0 Å². The van der Waals surface area contributed by atoms with Crippen LogP contribution in [0.15, 0.2) is 24.3 Å². The number of ether oxygens (including phenoxy) is 1. The number of fused-ring (bicyclic) bond motifs is 1. The molecule has 1 N–H and O–H groups in total. The van der Waals surface area contributed by atoms with Crippen LogP contribution in [0.1, 0.15) is 26.6 Å². The second-order valence-corrected chi connectivity index (χ2v) is 6.33. The SMILES string of the molecule is CC1OC(C)C(C(O)Cc2nc3ccccc3n2C)C1C. The van der Waals surface area contributed by atoms with Crippen LogP contribution < -0.4 is 0 Å². The van der Waals surface area contributed by atoms with E-state index in [1.807, 2.05) is 25.2 Å². The summed E-state index contributed by atoms with van der Waals surface area (Å²) in [6, 6.07) is 8.08. The standard InChI is InChI=1S/C17H24N2O2/c1-10-11(2)21-12(3)17(10)15(20)9-16-18-13-7-5-6-8-14(13)19(16)4/h5-8,10-12,15,17,20H,9H2,1-4H3. The van der Waals surface area contributed by atoms with E-state index >= 15 is 0 Å². The maximum Gasteiger partial charge on any atom is 0.112 e. The average molecular weight is 288 g/mol. The van der Waals surface area contributed by atoms with E-state index in [2.05, 4.69) is 36.4 Å². The minimum absolute atomic E-state index is 0.0969. The van der Waals surface area contributed by atoms with Gasteiger partial charge < -0.3 is 14.4 Å². The van der Waals surface area contributed by atoms with Gasteiger partial charge in [0.05, 0.1) is 29.3 Å². The van der Waals surface area contributed by atoms with E-state index in [9.17, 15) is 5.11 Å². The Bertz CT molecular complexity index is 637. The van der Waals surface area contributed by atoms with Crippen molar-refractivity contribution in [1.82, 2.24) is 9.55 Å². The third-order valence-corrected chi connectivity index (χ3v) is 5.03. The zero-order valence-electron chi connectivity index (χ0n) is 13.2. The lowest BCUT2D eigenvalue weighted by atomic mass is 9.83. The molecular weight excluding hydrogens is 264 g/mol. The average Bonchev–Trinajstić information content (AvgIpc) is 2.88. The Morgan fingerprint density at radius 3 is 2.57 bits per heavy atom. The van der Waals surface area contributed by atoms with E-state index in [-0.39, 0.29) is 18.1 Å². The molecule has 4 heteroatoms. The number of imidazole rings is 1. The van der Waals surface area contributed by atoms with Crippen molar-refractivity contribution < 1.29 is 9.84 Å². The maximum absolute atomic E-state index is 10.7. The zero-order valence-corrected chi connectivity index (χ0v) is 13.2. The van der Waals surface area contributed by atoms with E-state index in [0.717, 1.165) is 16.9 Å². The summed E-state index contributed by atoms with van der Waals surface area (Å²) in [5, 5.41) is 10.7. The molecule has 5 unspecified atom stereocenters. The summed E-state index contributed by atoms with van der Waals surface area (Å²) in [6.45, 7) is 6.31. The molecule has 5 atom stereocenters. The van der Waals surface area contributed by atoms with Crippen LogP contribution in [-0.2, 0) is 18.2 Å². The topological polar surface area (TPSA) is 47.3 Å². The Labute approximate surface area is 125 Å². The van der Waals surface area contributed by atoms with Crippen LogP contribution >= 0.6 is 0 Å². The zero-order chi connectivity index (χ0) is 15.1. The Morgan fingerprint density at radius 1 is 1.24 bits per heavy atom. The first kappa shape index (κ1) is 14.5. The highest BCUT2D eigenvalue weighted by atomic mass is 16.5. The van der Waals surface area contributed by atoms with Gasteiger partial charge in [0.1, 0.15) is 5.82 Å². The van der Waals surface area contributed by atoms with Gasteiger partial charge in [-0.25, -0.2) is 4.98 Å². The van der Waals surface area contributed by atoms with Crippen molar-refractivity contribution in [3.8, 4) is 0 Å². The Balaban J connectivity index is 1.83. The van der Waals surface area contributed by atoms with Gasteiger partial charge in [-0.3, -0.25) is 0 Å². The summed E-state index contributed by atoms with van der Waals surface area (Å²) in [4.78, 5) is 4.65. The van der Waals surface area contributed by atoms with Gasteiger partial charge in [0.25, 0.3) is 0 Å². The molecule has 1 aromatic heterocycles. The Morgan fingerprint density at radius 2 is 1.95 bits per heavy atom. The van der Waals surface area contributed by atoms with Crippen molar-refractivity contribution in [1.29, 1.82) is 0 Å². The van der Waals surface area contributed by atoms with E-state index < -0.39 is 6.10 Å². The number of aromatic nitrogens is 2. The Kier molecular flexibility index (Phi) is 3.76. The maximum atomic E-state index is 10.7. The molecule has 1 saturated heterocycles. The number of aryl methyl sites for hydroxylation is 1. The summed E-state index contributed by atoms with van der Waals surface area (Å²) >= 11 is 0. The Hall–Kier alpha value is -1.39. The molecule has 21 heavy (non-hydrogen) atoms. The fourth-order valence-electron chi connectivity index (χ4n) is 3.66. The minimum atomic E-state index is -0.421. The fourth-order valence-corrected chi connectivity index (χ4v) is 3.66. The van der Waals surface area contributed by atoms with Gasteiger partial charge in [-0.05, 0) is 31.9 Å². The predicted octanol–water partition coefficient (Wildman–Crippen LogP) is 2.54. The summed E-state index contributed by atoms with van der Waals surface area (Å²) < 4.78 is 7.92. The van der Waals surface area contributed by atoms with Crippen LogP contribution in [0.3, 0.4) is 0 Å². The summed E-state index contributed by atoms with van der Waals surface area (Å²) in [5.41, 5.74) is 2.09. The molecule has 1 aromatic carbocycles. The predicted molar refractivity (Wildman–Crippen MR) is 83.1 cm³/mol. The van der Waals surface area contributed by atoms with Crippen LogP contribution in [0.2, 0.25) is 0 Å². The van der Waals surface area contributed by atoms with Crippen molar-refractivity contribution in [2.24, 2.45) is 18.9 Å². The largest absolute Gasteiger partial charge is 0.392 e. The van der Waals surface area contributed by atoms with Gasteiger partial charge in [0.15, 0.2) is 0 Å². The first-order valence-electron chi connectivity index (χ1n) is 7.73. The number of aliphatic hydroxyl groups excluding tert-OH is 1. The van der Waals surface area contributed by atoms with Crippen molar-refractivity contribution in [3.05, 3.63) is 30.1 Å². The van der Waals surface area contributed by atoms with Gasteiger partial charge >= 0.3 is 0 Å². The molecule has 0 aliphatic carbocycles. The molecule has 0 bridgehead atoms. The number of hydrogen-bond donors (Lipinski definition) is 1. The number of nitrogens with zero attached hydrogens (tertiary/aromatic N) is 2. The van der Waals surface area contributed by atoms with Crippen LogP contribution in [-0.4, -0.2) is 33.0 Å². The number of hydrogen-bond acceptors (Lipinski definition) is 3. The molecular formula is C17H24N2O2. The molecule has 0 amide bonds. The third kappa shape index (κ3) is 2.47. The molecule has 4 nitrogen and oxygen atoms in total. The minimum Gasteiger partial charge on any atom is -0.392 e. The van der Waals surface area contributed by atoms with E-state index in [0.29, 0.717) is 12.3 Å². The lowest BCUT2D eigenvalue weighted by Crippen LogP contribution is -2.33. The molecule has 2 aromatic rings. The number of aliphatic hydroxyl groups is 1. The molecule has 2 heterocycles. The second-order valence-electron chi connectivity index (χ2n) is 6.33. The molecule has 3 rings (SSSR count). The lowest BCUT2D eigenvalue weighted by Gasteiger charge is -2.24. The van der Waals surface area contributed by atoms with E-state index in [4.69, 9.17) is 4.74 Å². The highest BCUT2D eigenvalue weighted by Crippen LogP contribution is 2.35. The van der Waals surface area contributed by atoms with Crippen molar-refractivity contribution >= 4 is 11.0 Å². The lowest BCUT2D eigenvalue weighted by molar-refractivity contribution is 0.0232. The normalized spacial score (nSPS) is 30.9. The molecule has 1 aliphatic heterocycles. The van der Waals surface area contributed by atoms with Crippen molar-refractivity contribution in [3.63, 3.8) is 0 Å². The smallest absolute Gasteiger partial charge is 0.112 e. The van der Waals surface area contributed by atoms with Crippen LogP contribution in [0.25, 0.3) is 11.0 Å². The van der Waals surface area contributed by atoms with Crippen LogP contribution in [0.4, 0.5) is 0 Å². The summed E-state index contributed by atoms with van der Waals surface area (Å²) in [5.74, 6) is 1.46. The number of benzene rings is 1. The summed E-state index contributed by atoms with van der Waals surface area (Å²) in [6.07, 6.45) is 0.455. The fraction of sp³-hybridized carbons (Fsp3) is 0.588. The first-order chi connectivity index (χ1) is 9.99. The van der Waals surface area contributed by atoms with E-state index in [1.54, 1.807) is 0 Å². The number of para-hydroxylation sites is 2. The van der Waals surface area contributed by atoms with Crippen LogP contribution in [0, 0.1) is 11.8 Å². The van der Waals surface area contributed by atoms with Gasteiger partial charge in [-0.2, -0.15) is 0 Å². The van der Waals surface area contributed by atoms with Gasteiger partial charge in [-0.1, -0.05) is 19.1 Å². The van der Waals surface area contributed by atoms with Crippen molar-refractivity contribution in [2.45, 2.75) is 45.5 Å². The number of rotatable bonds is 3. The molecule has 1 fully saturated rings. The molecule has 0 radical (unpaired) electrons. The molecule has 1 aliphatic rings. The first-order valence-corrected chi connectivity index (χ1v) is 7.73. The molecule has 0 saturated carbocycles. The third-order valence-electron chi connectivity index (χ3n) is 5.03.